The molecule has 2 aliphatic carbocycles. The lowest BCUT2D eigenvalue weighted by Gasteiger charge is -2.37. The van der Waals surface area contributed by atoms with Crippen molar-refractivity contribution in [3.05, 3.63) is 89.6 Å². The Morgan fingerprint density at radius 3 is 2.21 bits per heavy atom. The maximum Gasteiger partial charge on any atom is 0.407 e. The van der Waals surface area contributed by atoms with Crippen molar-refractivity contribution in [2.75, 3.05) is 13.7 Å². The second kappa shape index (κ2) is 13.6. The predicted molar refractivity (Wildman–Crippen MR) is 178 cm³/mol. The quantitative estimate of drug-likeness (QED) is 0.195. The fraction of sp³-hybridized carbons (Fsp3) is 0.405. The molecule has 2 aromatic heterocycles. The molecule has 6 rings (SSSR count). The van der Waals surface area contributed by atoms with E-state index in [2.05, 4.69) is 44.9 Å². The van der Waals surface area contributed by atoms with E-state index in [4.69, 9.17) is 14.2 Å². The average molecular weight is 639 g/mol. The summed E-state index contributed by atoms with van der Waals surface area (Å²) in [5, 5.41) is 18.0. The molecule has 0 spiro atoms. The molecule has 47 heavy (non-hydrogen) atoms. The van der Waals surface area contributed by atoms with Gasteiger partial charge < -0.3 is 30.0 Å². The van der Waals surface area contributed by atoms with E-state index in [0.717, 1.165) is 22.3 Å². The zero-order valence-electron chi connectivity index (χ0n) is 27.2. The van der Waals surface area contributed by atoms with Gasteiger partial charge in [-0.3, -0.25) is 4.98 Å². The smallest absolute Gasteiger partial charge is 0.407 e. The average Bonchev–Trinajstić information content (AvgIpc) is 3.38. The highest BCUT2D eigenvalue weighted by Gasteiger charge is 2.37. The molecule has 2 heterocycles. The number of methoxy groups -OCH3 is 1. The number of aromatic nitrogens is 2. The van der Waals surface area contributed by atoms with E-state index in [1.165, 1.54) is 7.11 Å². The summed E-state index contributed by atoms with van der Waals surface area (Å²) in [4.78, 5) is 35.0. The van der Waals surface area contributed by atoms with Crippen molar-refractivity contribution in [3.63, 3.8) is 0 Å². The van der Waals surface area contributed by atoms with Gasteiger partial charge in [-0.05, 0) is 86.8 Å². The number of benzene rings is 2. The Bertz CT molecular complexity index is 1700. The van der Waals surface area contributed by atoms with Crippen LogP contribution in [0.1, 0.15) is 75.2 Å². The number of ether oxygens (including phenoxy) is 3. The standard InChI is InChI=1S/C37H42N4O6/c1-37(2,3)47-36(44)39-23-15-13-22(14-16-23)32(34(42)28-19-20-38-30-17-18-31(45-4)40-33(28)30)41-35(43)46-21-29-26-11-7-5-9-24(26)25-10-6-8-12-27(25)29/h5-12,17-20,22-23,29,32,34,42H,13-16,21H2,1-4H3,(H,39,44)(H,41,43). The number of nitrogens with zero attached hydrogens (tertiary/aromatic N) is 2. The number of aliphatic hydroxyl groups is 1. The fourth-order valence-electron chi connectivity index (χ4n) is 6.90. The van der Waals surface area contributed by atoms with Gasteiger partial charge in [0.2, 0.25) is 5.88 Å². The lowest BCUT2D eigenvalue weighted by Crippen LogP contribution is -2.48. The Balaban J connectivity index is 1.21. The van der Waals surface area contributed by atoms with Gasteiger partial charge in [0.05, 0.1) is 24.2 Å². The Labute approximate surface area is 274 Å². The van der Waals surface area contributed by atoms with Gasteiger partial charge in [0.15, 0.2) is 0 Å². The summed E-state index contributed by atoms with van der Waals surface area (Å²) in [6.45, 7) is 5.65. The molecule has 0 aliphatic heterocycles. The zero-order chi connectivity index (χ0) is 33.1. The van der Waals surface area contributed by atoms with Gasteiger partial charge in [0.1, 0.15) is 18.3 Å². The van der Waals surface area contributed by atoms with Gasteiger partial charge in [-0.15, -0.1) is 0 Å². The lowest BCUT2D eigenvalue weighted by atomic mass is 9.78. The number of amides is 2. The molecule has 1 fully saturated rings. The van der Waals surface area contributed by atoms with Gasteiger partial charge in [-0.25, -0.2) is 14.6 Å². The Kier molecular flexibility index (Phi) is 9.31. The number of nitrogens with one attached hydrogen (secondary N) is 2. The molecule has 2 unspecified atom stereocenters. The molecule has 2 aliphatic rings. The van der Waals surface area contributed by atoms with E-state index in [1.54, 1.807) is 24.4 Å². The highest BCUT2D eigenvalue weighted by molar-refractivity contribution is 5.80. The van der Waals surface area contributed by atoms with Crippen molar-refractivity contribution in [1.82, 2.24) is 20.6 Å². The minimum atomic E-state index is -1.11. The molecule has 2 atom stereocenters. The number of alkyl carbamates (subject to hydrolysis) is 2. The van der Waals surface area contributed by atoms with Gasteiger partial charge in [0.25, 0.3) is 0 Å². The van der Waals surface area contributed by atoms with Gasteiger partial charge in [-0.1, -0.05) is 48.5 Å². The van der Waals surface area contributed by atoms with Crippen LogP contribution in [0, 0.1) is 5.92 Å². The normalized spacial score (nSPS) is 18.8. The number of hydrogen-bond donors (Lipinski definition) is 3. The third kappa shape index (κ3) is 7.17. The van der Waals surface area contributed by atoms with Crippen LogP contribution in [0.5, 0.6) is 5.88 Å². The molecule has 10 nitrogen and oxygen atoms in total. The number of carbonyl (C=O) groups excluding carboxylic acids is 2. The minimum Gasteiger partial charge on any atom is -0.481 e. The molecular weight excluding hydrogens is 596 g/mol. The topological polar surface area (TPSA) is 132 Å². The molecule has 0 bridgehead atoms. The molecule has 10 heteroatoms. The number of aliphatic hydroxyl groups excluding tert-OH is 1. The van der Waals surface area contributed by atoms with Crippen molar-refractivity contribution in [3.8, 4) is 17.0 Å². The van der Waals surface area contributed by atoms with Gasteiger partial charge in [0, 0.05) is 29.8 Å². The van der Waals surface area contributed by atoms with Crippen LogP contribution in [0.15, 0.2) is 72.9 Å². The summed E-state index contributed by atoms with van der Waals surface area (Å²) in [7, 11) is 1.53. The molecule has 0 saturated heterocycles. The third-order valence-electron chi connectivity index (χ3n) is 9.09. The first-order chi connectivity index (χ1) is 22.6. The van der Waals surface area contributed by atoms with Crippen LogP contribution < -0.4 is 15.4 Å². The van der Waals surface area contributed by atoms with E-state index < -0.39 is 29.9 Å². The van der Waals surface area contributed by atoms with Crippen LogP contribution in [0.25, 0.3) is 22.2 Å². The van der Waals surface area contributed by atoms with Crippen LogP contribution in [0.3, 0.4) is 0 Å². The molecule has 2 aromatic carbocycles. The van der Waals surface area contributed by atoms with Crippen molar-refractivity contribution in [1.29, 1.82) is 0 Å². The second-order valence-electron chi connectivity index (χ2n) is 13.3. The summed E-state index contributed by atoms with van der Waals surface area (Å²) in [5.74, 6) is 0.205. The van der Waals surface area contributed by atoms with Crippen molar-refractivity contribution >= 4 is 23.2 Å². The van der Waals surface area contributed by atoms with Gasteiger partial charge in [-0.2, -0.15) is 0 Å². The first-order valence-electron chi connectivity index (χ1n) is 16.2. The highest BCUT2D eigenvalue weighted by Crippen LogP contribution is 2.44. The Morgan fingerprint density at radius 1 is 0.915 bits per heavy atom. The first kappa shape index (κ1) is 32.2. The minimum absolute atomic E-state index is 0.0685. The number of hydrogen-bond acceptors (Lipinski definition) is 8. The van der Waals surface area contributed by atoms with Gasteiger partial charge >= 0.3 is 12.2 Å². The molecule has 4 aromatic rings. The number of carbonyl (C=O) groups is 2. The summed E-state index contributed by atoms with van der Waals surface area (Å²) in [5.41, 5.74) is 5.59. The SMILES string of the molecule is COc1ccc2nccc(C(O)C(NC(=O)OCC3c4ccccc4-c4ccccc43)C3CCC(NC(=O)OC(C)(C)C)CC3)c2n1. The van der Waals surface area contributed by atoms with E-state index >= 15 is 0 Å². The fourth-order valence-corrected chi connectivity index (χ4v) is 6.90. The summed E-state index contributed by atoms with van der Waals surface area (Å²) in [6, 6.07) is 20.9. The van der Waals surface area contributed by atoms with Crippen molar-refractivity contribution < 1.29 is 28.9 Å². The third-order valence-corrected chi connectivity index (χ3v) is 9.09. The van der Waals surface area contributed by atoms with Crippen LogP contribution in [-0.4, -0.2) is 58.7 Å². The predicted octanol–water partition coefficient (Wildman–Crippen LogP) is 6.66. The summed E-state index contributed by atoms with van der Waals surface area (Å²) >= 11 is 0. The molecular formula is C37H42N4O6. The zero-order valence-corrected chi connectivity index (χ0v) is 27.2. The van der Waals surface area contributed by atoms with E-state index in [1.807, 2.05) is 45.0 Å². The van der Waals surface area contributed by atoms with Crippen LogP contribution in [-0.2, 0) is 9.47 Å². The van der Waals surface area contributed by atoms with Crippen LogP contribution >= 0.6 is 0 Å². The van der Waals surface area contributed by atoms with E-state index in [0.29, 0.717) is 48.2 Å². The van der Waals surface area contributed by atoms with Crippen LogP contribution in [0.4, 0.5) is 9.59 Å². The molecule has 0 radical (unpaired) electrons. The van der Waals surface area contributed by atoms with Crippen molar-refractivity contribution in [2.24, 2.45) is 5.92 Å². The van der Waals surface area contributed by atoms with E-state index in [9.17, 15) is 14.7 Å². The number of fused-ring (bicyclic) bond motifs is 4. The summed E-state index contributed by atoms with van der Waals surface area (Å²) < 4.78 is 16.7. The van der Waals surface area contributed by atoms with Crippen molar-refractivity contribution in [2.45, 2.75) is 76.2 Å². The summed E-state index contributed by atoms with van der Waals surface area (Å²) in [6.07, 6.45) is 2.12. The maximum absolute atomic E-state index is 13.6. The number of pyridine rings is 2. The lowest BCUT2D eigenvalue weighted by molar-refractivity contribution is 0.0457. The number of rotatable bonds is 8. The van der Waals surface area contributed by atoms with E-state index in [-0.39, 0.29) is 24.5 Å². The molecule has 1 saturated carbocycles. The highest BCUT2D eigenvalue weighted by atomic mass is 16.6. The Hall–Kier alpha value is -4.70. The molecule has 3 N–H and O–H groups in total. The monoisotopic (exact) mass is 638 g/mol. The molecule has 246 valence electrons. The molecule has 2 amide bonds. The van der Waals surface area contributed by atoms with Crippen LogP contribution in [0.2, 0.25) is 0 Å². The second-order valence-corrected chi connectivity index (χ2v) is 13.3. The largest absolute Gasteiger partial charge is 0.481 e. The maximum atomic E-state index is 13.6. The Morgan fingerprint density at radius 2 is 1.57 bits per heavy atom. The first-order valence-corrected chi connectivity index (χ1v) is 16.2.